The molecule has 1 aliphatic rings. The lowest BCUT2D eigenvalue weighted by atomic mass is 9.86. The molecule has 0 radical (unpaired) electrons. The maximum atomic E-state index is 6.13. The zero-order valence-corrected chi connectivity index (χ0v) is 14.4. The molecule has 0 amide bonds. The molecule has 22 heavy (non-hydrogen) atoms. The molecule has 0 saturated heterocycles. The van der Waals surface area contributed by atoms with E-state index in [-0.39, 0.29) is 0 Å². The average Bonchev–Trinajstić information content (AvgIpc) is 2.93. The van der Waals surface area contributed by atoms with Crippen LogP contribution in [0.2, 0.25) is 0 Å². The van der Waals surface area contributed by atoms with E-state index in [4.69, 9.17) is 4.74 Å². The predicted molar refractivity (Wildman–Crippen MR) is 93.2 cm³/mol. The van der Waals surface area contributed by atoms with Crippen LogP contribution < -0.4 is 4.74 Å². The first-order valence-electron chi connectivity index (χ1n) is 8.38. The highest BCUT2D eigenvalue weighted by Crippen LogP contribution is 2.44. The molecule has 0 aliphatic carbocycles. The van der Waals surface area contributed by atoms with Crippen molar-refractivity contribution < 1.29 is 4.74 Å². The molecule has 0 bridgehead atoms. The Morgan fingerprint density at radius 2 is 1.77 bits per heavy atom. The Bertz CT molecular complexity index is 680. The maximum absolute atomic E-state index is 6.13. The monoisotopic (exact) mass is 294 g/mol. The van der Waals surface area contributed by atoms with Crippen molar-refractivity contribution >= 4 is 0 Å². The summed E-state index contributed by atoms with van der Waals surface area (Å²) in [5.74, 6) is 2.11. The van der Waals surface area contributed by atoms with Gasteiger partial charge in [-0.2, -0.15) is 0 Å². The minimum atomic E-state index is 0.377. The molecule has 2 aromatic rings. The third-order valence-electron chi connectivity index (χ3n) is 4.95. The molecular weight excluding hydrogens is 268 g/mol. The van der Waals surface area contributed by atoms with Crippen LogP contribution in [-0.4, -0.2) is 6.61 Å². The molecule has 2 aromatic carbocycles. The molecule has 0 aromatic heterocycles. The second-order valence-corrected chi connectivity index (χ2v) is 6.77. The summed E-state index contributed by atoms with van der Waals surface area (Å²) in [6, 6.07) is 11.4. The molecule has 0 spiro atoms. The SMILES string of the molecule is CCc1c(C)cc(C)c2c1OC[C@@H]2c1ccc(C(C)C)cc1. The first-order chi connectivity index (χ1) is 10.5. The highest BCUT2D eigenvalue weighted by Gasteiger charge is 2.30. The highest BCUT2D eigenvalue weighted by atomic mass is 16.5. The highest BCUT2D eigenvalue weighted by molar-refractivity contribution is 5.57. The summed E-state index contributed by atoms with van der Waals surface area (Å²) in [5, 5.41) is 0. The summed E-state index contributed by atoms with van der Waals surface area (Å²) in [4.78, 5) is 0. The normalized spacial score (nSPS) is 16.7. The second-order valence-electron chi connectivity index (χ2n) is 6.77. The second kappa shape index (κ2) is 5.79. The smallest absolute Gasteiger partial charge is 0.126 e. The summed E-state index contributed by atoms with van der Waals surface area (Å²) in [6.45, 7) is 11.9. The molecular formula is C21H26O. The molecule has 0 unspecified atom stereocenters. The Kier molecular flexibility index (Phi) is 3.99. The standard InChI is InChI=1S/C21H26O/c1-6-18-14(4)11-15(5)20-19(12-22-21(18)20)17-9-7-16(8-10-17)13(2)3/h7-11,13,19H,6,12H2,1-5H3/t19-/m1/s1. The van der Waals surface area contributed by atoms with Crippen LogP contribution in [0, 0.1) is 13.8 Å². The van der Waals surface area contributed by atoms with Gasteiger partial charge in [0.25, 0.3) is 0 Å². The minimum Gasteiger partial charge on any atom is -0.492 e. The number of ether oxygens (including phenoxy) is 1. The van der Waals surface area contributed by atoms with E-state index in [0.29, 0.717) is 11.8 Å². The topological polar surface area (TPSA) is 9.23 Å². The molecule has 1 heterocycles. The average molecular weight is 294 g/mol. The number of hydrogen-bond acceptors (Lipinski definition) is 1. The van der Waals surface area contributed by atoms with Crippen molar-refractivity contribution in [2.24, 2.45) is 0 Å². The van der Waals surface area contributed by atoms with Crippen LogP contribution in [0.3, 0.4) is 0 Å². The van der Waals surface area contributed by atoms with Crippen LogP contribution in [0.15, 0.2) is 30.3 Å². The lowest BCUT2D eigenvalue weighted by Crippen LogP contribution is -2.04. The Morgan fingerprint density at radius 3 is 2.36 bits per heavy atom. The van der Waals surface area contributed by atoms with Gasteiger partial charge in [-0.15, -0.1) is 0 Å². The van der Waals surface area contributed by atoms with Gasteiger partial charge in [-0.1, -0.05) is 51.1 Å². The summed E-state index contributed by atoms with van der Waals surface area (Å²) in [6.07, 6.45) is 1.04. The van der Waals surface area contributed by atoms with Crippen LogP contribution >= 0.6 is 0 Å². The number of aryl methyl sites for hydroxylation is 2. The molecule has 116 valence electrons. The number of rotatable bonds is 3. The van der Waals surface area contributed by atoms with Crippen molar-refractivity contribution in [1.29, 1.82) is 0 Å². The largest absolute Gasteiger partial charge is 0.492 e. The van der Waals surface area contributed by atoms with E-state index >= 15 is 0 Å². The fourth-order valence-corrected chi connectivity index (χ4v) is 3.67. The van der Waals surface area contributed by atoms with E-state index in [1.165, 1.54) is 33.4 Å². The van der Waals surface area contributed by atoms with E-state index in [0.717, 1.165) is 18.8 Å². The van der Waals surface area contributed by atoms with Crippen LogP contribution in [-0.2, 0) is 6.42 Å². The fourth-order valence-electron chi connectivity index (χ4n) is 3.67. The Morgan fingerprint density at radius 1 is 1.09 bits per heavy atom. The van der Waals surface area contributed by atoms with Crippen LogP contribution in [0.25, 0.3) is 0 Å². The van der Waals surface area contributed by atoms with Gasteiger partial charge in [0, 0.05) is 11.5 Å². The van der Waals surface area contributed by atoms with E-state index in [1.807, 2.05) is 0 Å². The van der Waals surface area contributed by atoms with Gasteiger partial charge in [0.15, 0.2) is 0 Å². The van der Waals surface area contributed by atoms with E-state index < -0.39 is 0 Å². The maximum Gasteiger partial charge on any atom is 0.126 e. The van der Waals surface area contributed by atoms with Gasteiger partial charge in [-0.05, 0) is 54.0 Å². The van der Waals surface area contributed by atoms with Gasteiger partial charge in [-0.3, -0.25) is 0 Å². The summed E-state index contributed by atoms with van der Waals surface area (Å²) in [5.41, 5.74) is 8.27. The predicted octanol–water partition coefficient (Wildman–Crippen LogP) is 5.51. The van der Waals surface area contributed by atoms with Crippen LogP contribution in [0.4, 0.5) is 0 Å². The lowest BCUT2D eigenvalue weighted by Gasteiger charge is -2.16. The number of benzene rings is 2. The Hall–Kier alpha value is -1.76. The molecule has 0 N–H and O–H groups in total. The van der Waals surface area contributed by atoms with Crippen molar-refractivity contribution in [2.45, 2.75) is 52.9 Å². The van der Waals surface area contributed by atoms with Crippen LogP contribution in [0.5, 0.6) is 5.75 Å². The zero-order chi connectivity index (χ0) is 15.9. The third kappa shape index (κ3) is 2.43. The molecule has 1 nitrogen and oxygen atoms in total. The van der Waals surface area contributed by atoms with Crippen LogP contribution in [0.1, 0.15) is 66.0 Å². The summed E-state index contributed by atoms with van der Waals surface area (Å²) < 4.78 is 6.13. The number of fused-ring (bicyclic) bond motifs is 1. The summed E-state index contributed by atoms with van der Waals surface area (Å²) >= 11 is 0. The van der Waals surface area contributed by atoms with Gasteiger partial charge in [0.05, 0.1) is 6.61 Å². The molecule has 0 fully saturated rings. The van der Waals surface area contributed by atoms with Gasteiger partial charge in [-0.25, -0.2) is 0 Å². The number of hydrogen-bond donors (Lipinski definition) is 0. The first kappa shape index (κ1) is 15.1. The Balaban J connectivity index is 2.04. The molecule has 1 heteroatoms. The van der Waals surface area contributed by atoms with E-state index in [1.54, 1.807) is 0 Å². The van der Waals surface area contributed by atoms with Crippen molar-refractivity contribution in [3.05, 3.63) is 63.7 Å². The third-order valence-corrected chi connectivity index (χ3v) is 4.95. The fraction of sp³-hybridized carbons (Fsp3) is 0.429. The van der Waals surface area contributed by atoms with E-state index in [9.17, 15) is 0 Å². The van der Waals surface area contributed by atoms with Gasteiger partial charge >= 0.3 is 0 Å². The van der Waals surface area contributed by atoms with Crippen molar-refractivity contribution in [1.82, 2.24) is 0 Å². The molecule has 0 saturated carbocycles. The van der Waals surface area contributed by atoms with Gasteiger partial charge in [0.1, 0.15) is 5.75 Å². The lowest BCUT2D eigenvalue weighted by molar-refractivity contribution is 0.340. The van der Waals surface area contributed by atoms with Gasteiger partial charge < -0.3 is 4.74 Å². The molecule has 1 aliphatic heterocycles. The zero-order valence-electron chi connectivity index (χ0n) is 14.4. The van der Waals surface area contributed by atoms with Crippen molar-refractivity contribution in [3.63, 3.8) is 0 Å². The summed E-state index contributed by atoms with van der Waals surface area (Å²) in [7, 11) is 0. The first-order valence-corrected chi connectivity index (χ1v) is 8.38. The quantitative estimate of drug-likeness (QED) is 0.725. The van der Waals surface area contributed by atoms with Crippen molar-refractivity contribution in [2.75, 3.05) is 6.61 Å². The Labute approximate surface area is 134 Å². The minimum absolute atomic E-state index is 0.377. The molecule has 3 rings (SSSR count). The molecule has 1 atom stereocenters. The van der Waals surface area contributed by atoms with Crippen molar-refractivity contribution in [3.8, 4) is 5.75 Å². The van der Waals surface area contributed by atoms with E-state index in [2.05, 4.69) is 65.0 Å². The van der Waals surface area contributed by atoms with Gasteiger partial charge in [0.2, 0.25) is 0 Å².